The molecule has 2 N–H and O–H groups in total. The van der Waals surface area contributed by atoms with Gasteiger partial charge in [0, 0.05) is 10.8 Å². The van der Waals surface area contributed by atoms with Crippen LogP contribution in [0.2, 0.25) is 0 Å². The number of benzene rings is 2. The summed E-state index contributed by atoms with van der Waals surface area (Å²) < 4.78 is 1.80. The molecule has 2 aromatic carbocycles. The molecule has 0 saturated heterocycles. The van der Waals surface area contributed by atoms with E-state index >= 15 is 0 Å². The minimum atomic E-state index is 1.09. The van der Waals surface area contributed by atoms with E-state index in [9.17, 15) is 0 Å². The van der Waals surface area contributed by atoms with Gasteiger partial charge in [-0.2, -0.15) is 0 Å². The van der Waals surface area contributed by atoms with Crippen LogP contribution in [0, 0.1) is 13.8 Å². The van der Waals surface area contributed by atoms with Gasteiger partial charge in [0.15, 0.2) is 0 Å². The highest BCUT2D eigenvalue weighted by Crippen LogP contribution is 2.30. The molecule has 0 spiro atoms. The van der Waals surface area contributed by atoms with Gasteiger partial charge >= 0.3 is 0 Å². The van der Waals surface area contributed by atoms with Crippen LogP contribution in [0.25, 0.3) is 21.8 Å². The number of nitrogens with zero attached hydrogens (tertiary/aromatic N) is 1. The minimum absolute atomic E-state index is 1.09. The molecule has 0 saturated carbocycles. The summed E-state index contributed by atoms with van der Waals surface area (Å²) in [6, 6.07) is 12.6. The molecule has 2 nitrogen and oxygen atoms in total. The van der Waals surface area contributed by atoms with E-state index in [-0.39, 0.29) is 0 Å². The standard InChI is InChI=1S/C14H14N2/c1-9-7-8-12-11-5-3-4-6-13(11)16(15)14(12)10(9)2/h3-8H,15H2,1-2H3. The number of nitrogen functional groups attached to an aromatic ring is 1. The molecule has 0 amide bonds. The monoisotopic (exact) mass is 210 g/mol. The van der Waals surface area contributed by atoms with E-state index in [1.165, 1.54) is 21.9 Å². The first-order valence-electron chi connectivity index (χ1n) is 5.44. The van der Waals surface area contributed by atoms with Crippen LogP contribution in [-0.2, 0) is 0 Å². The van der Waals surface area contributed by atoms with Crippen molar-refractivity contribution in [3.05, 3.63) is 47.5 Å². The Balaban J connectivity index is 2.67. The summed E-state index contributed by atoms with van der Waals surface area (Å²) in [7, 11) is 0. The van der Waals surface area contributed by atoms with Crippen LogP contribution in [0.4, 0.5) is 0 Å². The topological polar surface area (TPSA) is 30.9 Å². The highest BCUT2D eigenvalue weighted by Gasteiger charge is 2.10. The number of aryl methyl sites for hydroxylation is 2. The molecule has 80 valence electrons. The summed E-state index contributed by atoms with van der Waals surface area (Å²) in [4.78, 5) is 0. The van der Waals surface area contributed by atoms with Crippen molar-refractivity contribution >= 4 is 21.8 Å². The first-order chi connectivity index (χ1) is 7.70. The van der Waals surface area contributed by atoms with Crippen LogP contribution in [-0.4, -0.2) is 4.68 Å². The number of hydrogen-bond acceptors (Lipinski definition) is 1. The Morgan fingerprint density at radius 2 is 1.69 bits per heavy atom. The van der Waals surface area contributed by atoms with Gasteiger partial charge < -0.3 is 5.84 Å². The van der Waals surface area contributed by atoms with Crippen LogP contribution >= 0.6 is 0 Å². The lowest BCUT2D eigenvalue weighted by Crippen LogP contribution is -2.07. The zero-order chi connectivity index (χ0) is 11.3. The van der Waals surface area contributed by atoms with Gasteiger partial charge in [-0.3, -0.25) is 4.68 Å². The Morgan fingerprint density at radius 1 is 0.938 bits per heavy atom. The lowest BCUT2D eigenvalue weighted by Gasteiger charge is -2.04. The van der Waals surface area contributed by atoms with Crippen LogP contribution in [0.1, 0.15) is 11.1 Å². The maximum atomic E-state index is 6.16. The second-order valence-corrected chi connectivity index (χ2v) is 4.29. The summed E-state index contributed by atoms with van der Waals surface area (Å²) >= 11 is 0. The summed E-state index contributed by atoms with van der Waals surface area (Å²) in [5.74, 6) is 6.16. The molecule has 0 atom stereocenters. The maximum Gasteiger partial charge on any atom is 0.0735 e. The molecule has 16 heavy (non-hydrogen) atoms. The first kappa shape index (κ1) is 9.28. The number of nitrogens with two attached hydrogens (primary N) is 1. The summed E-state index contributed by atoms with van der Waals surface area (Å²) in [5.41, 5.74) is 4.77. The summed E-state index contributed by atoms with van der Waals surface area (Å²) in [6.07, 6.45) is 0. The van der Waals surface area contributed by atoms with Crippen molar-refractivity contribution in [1.82, 2.24) is 4.68 Å². The van der Waals surface area contributed by atoms with Crippen molar-refractivity contribution in [3.8, 4) is 0 Å². The van der Waals surface area contributed by atoms with Gasteiger partial charge in [-0.15, -0.1) is 0 Å². The van der Waals surface area contributed by atoms with Gasteiger partial charge in [0.05, 0.1) is 11.0 Å². The van der Waals surface area contributed by atoms with Crippen molar-refractivity contribution in [2.24, 2.45) is 0 Å². The predicted molar refractivity (Wildman–Crippen MR) is 69.1 cm³/mol. The average Bonchev–Trinajstić information content (AvgIpc) is 2.59. The molecule has 0 bridgehead atoms. The van der Waals surface area contributed by atoms with Crippen molar-refractivity contribution in [2.75, 3.05) is 5.84 Å². The van der Waals surface area contributed by atoms with Crippen molar-refractivity contribution in [3.63, 3.8) is 0 Å². The third-order valence-electron chi connectivity index (χ3n) is 3.40. The molecule has 2 heteroatoms. The smallest absolute Gasteiger partial charge is 0.0735 e. The maximum absolute atomic E-state index is 6.16. The van der Waals surface area contributed by atoms with Gasteiger partial charge in [-0.05, 0) is 31.0 Å². The minimum Gasteiger partial charge on any atom is -0.339 e. The van der Waals surface area contributed by atoms with E-state index in [1.54, 1.807) is 4.68 Å². The largest absolute Gasteiger partial charge is 0.339 e. The number of hydrogen-bond donors (Lipinski definition) is 1. The number of fused-ring (bicyclic) bond motifs is 3. The van der Waals surface area contributed by atoms with Gasteiger partial charge in [0.2, 0.25) is 0 Å². The molecular weight excluding hydrogens is 196 g/mol. The number of rotatable bonds is 0. The molecule has 3 aromatic rings. The predicted octanol–water partition coefficient (Wildman–Crippen LogP) is 3.13. The lowest BCUT2D eigenvalue weighted by atomic mass is 10.1. The van der Waals surface area contributed by atoms with Crippen LogP contribution in [0.15, 0.2) is 36.4 Å². The molecule has 0 aliphatic carbocycles. The second kappa shape index (κ2) is 3.01. The summed E-state index contributed by atoms with van der Waals surface area (Å²) in [5, 5.41) is 2.46. The SMILES string of the molecule is Cc1ccc2c3ccccc3n(N)c2c1C. The molecule has 1 aromatic heterocycles. The normalized spacial score (nSPS) is 11.4. The quantitative estimate of drug-likeness (QED) is 0.568. The van der Waals surface area contributed by atoms with Crippen molar-refractivity contribution < 1.29 is 0 Å². The van der Waals surface area contributed by atoms with Gasteiger partial charge in [-0.25, -0.2) is 0 Å². The fraction of sp³-hybridized carbons (Fsp3) is 0.143. The molecule has 0 unspecified atom stereocenters. The van der Waals surface area contributed by atoms with E-state index in [4.69, 9.17) is 5.84 Å². The highest BCUT2D eigenvalue weighted by molar-refractivity contribution is 6.09. The fourth-order valence-electron chi connectivity index (χ4n) is 2.36. The highest BCUT2D eigenvalue weighted by atomic mass is 15.3. The molecule has 1 heterocycles. The molecule has 0 radical (unpaired) electrons. The third-order valence-corrected chi connectivity index (χ3v) is 3.40. The second-order valence-electron chi connectivity index (χ2n) is 4.29. The van der Waals surface area contributed by atoms with Gasteiger partial charge in [0.1, 0.15) is 0 Å². The van der Waals surface area contributed by atoms with E-state index in [0.29, 0.717) is 0 Å². The van der Waals surface area contributed by atoms with Crippen molar-refractivity contribution in [2.45, 2.75) is 13.8 Å². The first-order valence-corrected chi connectivity index (χ1v) is 5.44. The van der Waals surface area contributed by atoms with Crippen LogP contribution in [0.5, 0.6) is 0 Å². The molecule has 0 aliphatic rings. The van der Waals surface area contributed by atoms with E-state index in [2.05, 4.69) is 44.2 Å². The van der Waals surface area contributed by atoms with Crippen molar-refractivity contribution in [1.29, 1.82) is 0 Å². The van der Waals surface area contributed by atoms with Gasteiger partial charge in [-0.1, -0.05) is 30.3 Å². The van der Waals surface area contributed by atoms with Crippen LogP contribution in [0.3, 0.4) is 0 Å². The Labute approximate surface area is 94.3 Å². The number of aromatic nitrogens is 1. The zero-order valence-electron chi connectivity index (χ0n) is 9.49. The lowest BCUT2D eigenvalue weighted by molar-refractivity contribution is 1.10. The molecule has 0 fully saturated rings. The Morgan fingerprint density at radius 3 is 2.50 bits per heavy atom. The van der Waals surface area contributed by atoms with E-state index in [0.717, 1.165) is 11.0 Å². The molecular formula is C14H14N2. The Bertz CT molecular complexity index is 693. The molecule has 3 rings (SSSR count). The Kier molecular flexibility index (Phi) is 1.75. The van der Waals surface area contributed by atoms with Crippen LogP contribution < -0.4 is 5.84 Å². The average molecular weight is 210 g/mol. The number of para-hydroxylation sites is 1. The third kappa shape index (κ3) is 1.01. The fourth-order valence-corrected chi connectivity index (χ4v) is 2.36. The zero-order valence-corrected chi connectivity index (χ0v) is 9.49. The molecule has 0 aliphatic heterocycles. The van der Waals surface area contributed by atoms with Gasteiger partial charge in [0.25, 0.3) is 0 Å². The summed E-state index contributed by atoms with van der Waals surface area (Å²) in [6.45, 7) is 4.24. The Hall–Kier alpha value is -1.96. The van der Waals surface area contributed by atoms with E-state index < -0.39 is 0 Å². The van der Waals surface area contributed by atoms with E-state index in [1.807, 2.05) is 6.07 Å².